The second-order valence-corrected chi connectivity index (χ2v) is 5.15. The summed E-state index contributed by atoms with van der Waals surface area (Å²) in [7, 11) is 0. The van der Waals surface area contributed by atoms with E-state index in [-0.39, 0.29) is 29.3 Å². The van der Waals surface area contributed by atoms with E-state index in [4.69, 9.17) is 27.0 Å². The molecule has 0 saturated heterocycles. The molecule has 6 nitrogen and oxygen atoms in total. The van der Waals surface area contributed by atoms with Crippen LogP contribution in [0.3, 0.4) is 0 Å². The highest BCUT2D eigenvalue weighted by Crippen LogP contribution is 2.26. The van der Waals surface area contributed by atoms with Crippen LogP contribution in [0.1, 0.15) is 38.7 Å². The van der Waals surface area contributed by atoms with Gasteiger partial charge >= 0.3 is 0 Å². The minimum absolute atomic E-state index is 0.0824. The van der Waals surface area contributed by atoms with E-state index in [2.05, 4.69) is 20.6 Å². The number of hydrogen-bond acceptors (Lipinski definition) is 6. The Balaban J connectivity index is 2.27. The van der Waals surface area contributed by atoms with Crippen LogP contribution in [0, 0.1) is 36.4 Å². The molecular weight excluding hydrogens is 348 g/mol. The van der Waals surface area contributed by atoms with Gasteiger partial charge in [0.2, 0.25) is 5.95 Å². The maximum atomic E-state index is 9.07. The topological polar surface area (TPSA) is 97.4 Å². The fourth-order valence-electron chi connectivity index (χ4n) is 2.05. The van der Waals surface area contributed by atoms with Gasteiger partial charge in [-0.2, -0.15) is 15.5 Å². The SMILES string of the molecule is [2H]c1cc(Nc2nc([2H])c([2H])c(Nc3c(C([2H])([2H])[2H])c([2H])c(/C=C/C#N)c([2H])c3C([2H])([2H])[2H])n2)cc([2H])c1C#N. The minimum atomic E-state index is -3.10. The summed E-state index contributed by atoms with van der Waals surface area (Å²) in [5.41, 5.74) is -2.84. The van der Waals surface area contributed by atoms with Crippen molar-refractivity contribution in [2.45, 2.75) is 13.7 Å². The van der Waals surface area contributed by atoms with Crippen LogP contribution in [0.5, 0.6) is 0 Å². The zero-order valence-corrected chi connectivity index (χ0v) is 14.1. The van der Waals surface area contributed by atoms with Crippen molar-refractivity contribution in [3.63, 3.8) is 0 Å². The number of hydrogen-bond donors (Lipinski definition) is 2. The predicted molar refractivity (Wildman–Crippen MR) is 110 cm³/mol. The Morgan fingerprint density at radius 2 is 1.86 bits per heavy atom. The predicted octanol–water partition coefficient (Wildman–Crippen LogP) is 4.99. The summed E-state index contributed by atoms with van der Waals surface area (Å²) in [6.45, 7) is -6.19. The highest BCUT2D eigenvalue weighted by molar-refractivity contribution is 5.69. The summed E-state index contributed by atoms with van der Waals surface area (Å²) in [4.78, 5) is 7.82. The van der Waals surface area contributed by atoms with Crippen LogP contribution in [0.15, 0.2) is 54.6 Å². The van der Waals surface area contributed by atoms with Crippen molar-refractivity contribution in [2.75, 3.05) is 10.6 Å². The van der Waals surface area contributed by atoms with Gasteiger partial charge in [-0.3, -0.25) is 0 Å². The standard InChI is InChI=1S/C22H18N6/c1-15-12-18(4-3-10-23)13-16(2)21(15)27-20-9-11-25-22(28-20)26-19-7-5-17(14-24)6-8-19/h3-9,11-13H,1-2H3,(H2,25,26,27,28)/b4-3+/i1D3,2D3,5D,6D,9D,11D,12D,13D. The number of anilines is 4. The molecule has 0 saturated carbocycles. The van der Waals surface area contributed by atoms with E-state index >= 15 is 0 Å². The van der Waals surface area contributed by atoms with Crippen molar-refractivity contribution in [3.05, 3.63) is 76.8 Å². The molecule has 0 fully saturated rings. The van der Waals surface area contributed by atoms with Gasteiger partial charge < -0.3 is 10.6 Å². The molecule has 0 amide bonds. The van der Waals surface area contributed by atoms with Crippen molar-refractivity contribution in [1.29, 1.82) is 10.5 Å². The maximum Gasteiger partial charge on any atom is 0.229 e. The van der Waals surface area contributed by atoms with E-state index < -0.39 is 66.2 Å². The number of nitriles is 2. The fourth-order valence-corrected chi connectivity index (χ4v) is 2.05. The highest BCUT2D eigenvalue weighted by Gasteiger charge is 2.07. The van der Waals surface area contributed by atoms with Gasteiger partial charge in [-0.1, -0.05) is 0 Å². The van der Waals surface area contributed by atoms with Crippen LogP contribution in [-0.4, -0.2) is 9.97 Å². The first-order valence-corrected chi connectivity index (χ1v) is 7.66. The Hall–Kier alpha value is -4.16. The number of rotatable bonds is 5. The molecule has 6 heteroatoms. The van der Waals surface area contributed by atoms with Gasteiger partial charge in [0, 0.05) is 31.8 Å². The van der Waals surface area contributed by atoms with Gasteiger partial charge in [0.25, 0.3) is 0 Å². The van der Waals surface area contributed by atoms with E-state index in [0.717, 1.165) is 12.2 Å². The molecule has 1 aromatic heterocycles. The van der Waals surface area contributed by atoms with Crippen molar-refractivity contribution in [2.24, 2.45) is 0 Å². The molecule has 136 valence electrons. The third kappa shape index (κ3) is 4.51. The van der Waals surface area contributed by atoms with E-state index in [0.29, 0.717) is 0 Å². The van der Waals surface area contributed by atoms with E-state index in [9.17, 15) is 0 Å². The van der Waals surface area contributed by atoms with Crippen molar-refractivity contribution in [1.82, 2.24) is 9.97 Å². The molecule has 0 aliphatic heterocycles. The normalized spacial score (nSPS) is 17.4. The van der Waals surface area contributed by atoms with Crippen LogP contribution < -0.4 is 10.6 Å². The quantitative estimate of drug-likeness (QED) is 0.607. The minimum Gasteiger partial charge on any atom is -0.340 e. The first-order valence-electron chi connectivity index (χ1n) is 13.7. The Labute approximate surface area is 180 Å². The first-order chi connectivity index (χ1) is 18.5. The largest absolute Gasteiger partial charge is 0.340 e. The summed E-state index contributed by atoms with van der Waals surface area (Å²) in [6, 6.07) is 3.02. The van der Waals surface area contributed by atoms with Crippen LogP contribution in [0.2, 0.25) is 0 Å². The third-order valence-electron chi connectivity index (χ3n) is 3.25. The van der Waals surface area contributed by atoms with Crippen LogP contribution in [0.25, 0.3) is 6.08 Å². The van der Waals surface area contributed by atoms with Crippen molar-refractivity contribution >= 4 is 29.2 Å². The monoisotopic (exact) mass is 378 g/mol. The molecule has 2 aromatic carbocycles. The van der Waals surface area contributed by atoms with Crippen LogP contribution in [-0.2, 0) is 0 Å². The highest BCUT2D eigenvalue weighted by atomic mass is 15.1. The van der Waals surface area contributed by atoms with Crippen LogP contribution >= 0.6 is 0 Å². The zero-order valence-electron chi connectivity index (χ0n) is 26.1. The Morgan fingerprint density at radius 3 is 2.50 bits per heavy atom. The summed E-state index contributed by atoms with van der Waals surface area (Å²) in [5.74, 6) is -0.896. The van der Waals surface area contributed by atoms with Crippen LogP contribution in [0.4, 0.5) is 23.1 Å². The van der Waals surface area contributed by atoms with Gasteiger partial charge in [0.1, 0.15) is 5.82 Å². The zero-order chi connectivity index (χ0) is 30.2. The molecule has 3 rings (SSSR count). The molecule has 1 heterocycles. The summed E-state index contributed by atoms with van der Waals surface area (Å²) >= 11 is 0. The lowest BCUT2D eigenvalue weighted by atomic mass is 10.0. The molecule has 3 aromatic rings. The number of nitrogens with zero attached hydrogens (tertiary/aromatic N) is 4. The summed E-state index contributed by atoms with van der Waals surface area (Å²) in [5, 5.41) is 23.0. The van der Waals surface area contributed by atoms with E-state index in [1.165, 1.54) is 12.1 Å². The molecule has 0 aliphatic rings. The Bertz CT molecular complexity index is 1550. The molecule has 0 spiro atoms. The molecule has 0 atom stereocenters. The van der Waals surface area contributed by atoms with Gasteiger partial charge in [-0.15, -0.1) is 0 Å². The van der Waals surface area contributed by atoms with E-state index in [1.807, 2.05) is 0 Å². The molecule has 0 bridgehead atoms. The average Bonchev–Trinajstić information content (AvgIpc) is 2.80. The van der Waals surface area contributed by atoms with Gasteiger partial charge in [-0.25, -0.2) is 4.98 Å². The van der Waals surface area contributed by atoms with Gasteiger partial charge in [0.15, 0.2) is 0 Å². The van der Waals surface area contributed by atoms with E-state index in [1.54, 1.807) is 12.1 Å². The second kappa shape index (κ2) is 8.48. The van der Waals surface area contributed by atoms with Gasteiger partial charge in [-0.05, 0) is 78.8 Å². The Kier molecular flexibility index (Phi) is 2.63. The third-order valence-corrected chi connectivity index (χ3v) is 3.25. The summed E-state index contributed by atoms with van der Waals surface area (Å²) in [6.07, 6.45) is 1.15. The average molecular weight is 379 g/mol. The van der Waals surface area contributed by atoms with Gasteiger partial charge in [0.05, 0.1) is 25.9 Å². The molecule has 28 heavy (non-hydrogen) atoms. The number of benzene rings is 2. The second-order valence-electron chi connectivity index (χ2n) is 5.15. The van der Waals surface area contributed by atoms with Crippen molar-refractivity contribution < 1.29 is 16.4 Å². The molecular formula is C22H18N6. The Morgan fingerprint density at radius 1 is 1.11 bits per heavy atom. The van der Waals surface area contributed by atoms with Crippen molar-refractivity contribution in [3.8, 4) is 12.1 Å². The maximum absolute atomic E-state index is 9.07. The lowest BCUT2D eigenvalue weighted by Crippen LogP contribution is -2.02. The smallest absolute Gasteiger partial charge is 0.229 e. The first kappa shape index (κ1) is 8.69. The number of allylic oxidation sites excluding steroid dienone is 1. The summed E-state index contributed by atoms with van der Waals surface area (Å²) < 4.78 is 96.8. The fraction of sp³-hybridized carbons (Fsp3) is 0.0909. The molecule has 0 unspecified atom stereocenters. The molecule has 0 aliphatic carbocycles. The lowest BCUT2D eigenvalue weighted by molar-refractivity contribution is 1.16. The number of aromatic nitrogens is 2. The number of nitrogens with one attached hydrogen (secondary N) is 2. The molecule has 0 radical (unpaired) electrons. The lowest BCUT2D eigenvalue weighted by Gasteiger charge is -2.14. The molecule has 2 N–H and O–H groups in total.